The summed E-state index contributed by atoms with van der Waals surface area (Å²) in [6.07, 6.45) is 4.24. The Morgan fingerprint density at radius 2 is 2.19 bits per heavy atom. The van der Waals surface area contributed by atoms with Crippen LogP contribution in [0.5, 0.6) is 0 Å². The Hall–Kier alpha value is -1.35. The van der Waals surface area contributed by atoms with Crippen LogP contribution in [0.2, 0.25) is 0 Å². The molecule has 0 spiro atoms. The molecule has 0 aliphatic carbocycles. The average Bonchev–Trinajstić information content (AvgIpc) is 3.01. The van der Waals surface area contributed by atoms with Crippen molar-refractivity contribution < 1.29 is 4.79 Å². The van der Waals surface area contributed by atoms with Crippen LogP contribution in [0.4, 0.5) is 5.82 Å². The summed E-state index contributed by atoms with van der Waals surface area (Å²) in [7, 11) is 0. The Bertz CT molecular complexity index is 721. The summed E-state index contributed by atoms with van der Waals surface area (Å²) in [4.78, 5) is 21.1. The van der Waals surface area contributed by atoms with E-state index in [9.17, 15) is 4.79 Å². The van der Waals surface area contributed by atoms with E-state index in [1.807, 2.05) is 4.68 Å². The fourth-order valence-corrected chi connectivity index (χ4v) is 3.33. The van der Waals surface area contributed by atoms with Gasteiger partial charge in [-0.3, -0.25) is 4.79 Å². The van der Waals surface area contributed by atoms with Gasteiger partial charge >= 0.3 is 0 Å². The first-order valence-electron chi connectivity index (χ1n) is 9.00. The second-order valence-corrected chi connectivity index (χ2v) is 8.10. The molecule has 144 valence electrons. The monoisotopic (exact) mass is 442 g/mol. The van der Waals surface area contributed by atoms with E-state index in [-0.39, 0.29) is 11.9 Å². The molecule has 9 heteroatoms. The number of carbonyl (C=O) groups excluding carboxylic acids is 1. The van der Waals surface area contributed by atoms with Gasteiger partial charge in [-0.1, -0.05) is 34.6 Å². The second-order valence-electron chi connectivity index (χ2n) is 6.25. The Morgan fingerprint density at radius 1 is 1.38 bits per heavy atom. The van der Waals surface area contributed by atoms with Crippen LogP contribution < -0.4 is 10.6 Å². The normalized spacial score (nSPS) is 11.3. The molecule has 0 aliphatic heterocycles. The number of fused-ring (bicyclic) bond motifs is 1. The van der Waals surface area contributed by atoms with Crippen LogP contribution in [0.15, 0.2) is 11.4 Å². The lowest BCUT2D eigenvalue weighted by Gasteiger charge is -2.12. The highest BCUT2D eigenvalue weighted by Gasteiger charge is 2.14. The first-order chi connectivity index (χ1) is 12.5. The maximum atomic E-state index is 11.7. The third kappa shape index (κ3) is 6.12. The molecule has 0 aliphatic rings. The summed E-state index contributed by atoms with van der Waals surface area (Å²) in [6.45, 7) is 7.42. The smallest absolute Gasteiger partial charge is 0.220 e. The van der Waals surface area contributed by atoms with Crippen LogP contribution >= 0.6 is 27.7 Å². The Kier molecular flexibility index (Phi) is 8.64. The number of halogens is 1. The molecular formula is C17H27BrN6OS. The lowest BCUT2D eigenvalue weighted by Crippen LogP contribution is -2.27. The molecule has 2 aromatic heterocycles. The molecule has 26 heavy (non-hydrogen) atoms. The molecule has 2 aromatic rings. The quantitative estimate of drug-likeness (QED) is 0.315. The van der Waals surface area contributed by atoms with E-state index in [4.69, 9.17) is 0 Å². The number of alkyl halides is 1. The Balaban J connectivity index is 2.15. The minimum absolute atomic E-state index is 0.0666. The Morgan fingerprint density at radius 3 is 2.88 bits per heavy atom. The van der Waals surface area contributed by atoms with Gasteiger partial charge in [0.25, 0.3) is 0 Å². The summed E-state index contributed by atoms with van der Waals surface area (Å²) >= 11 is 4.99. The van der Waals surface area contributed by atoms with Gasteiger partial charge in [-0.25, -0.2) is 14.6 Å². The van der Waals surface area contributed by atoms with Gasteiger partial charge < -0.3 is 10.6 Å². The maximum Gasteiger partial charge on any atom is 0.220 e. The zero-order valence-electron chi connectivity index (χ0n) is 15.6. The van der Waals surface area contributed by atoms with Crippen molar-refractivity contribution >= 4 is 50.5 Å². The third-order valence-corrected chi connectivity index (χ3v) is 5.13. The molecule has 0 saturated carbocycles. The standard InChI is InChI=1S/C17H27BrN6OS/c1-4-10-26-17-22-15(21-12(2)3)13-11-20-24(16(13)23-17)9-8-19-14(25)6-5-7-18/h11-12H,4-10H2,1-3H3,(H,19,25)(H,21,22,23). The van der Waals surface area contributed by atoms with Gasteiger partial charge in [-0.15, -0.1) is 0 Å². The molecule has 7 nitrogen and oxygen atoms in total. The van der Waals surface area contributed by atoms with Crippen LogP contribution in [0.25, 0.3) is 11.0 Å². The molecule has 2 rings (SSSR count). The fraction of sp³-hybridized carbons (Fsp3) is 0.647. The lowest BCUT2D eigenvalue weighted by molar-refractivity contribution is -0.121. The van der Waals surface area contributed by atoms with Gasteiger partial charge in [0.1, 0.15) is 5.82 Å². The van der Waals surface area contributed by atoms with Crippen molar-refractivity contribution in [2.45, 2.75) is 57.8 Å². The number of hydrogen-bond donors (Lipinski definition) is 2. The van der Waals surface area contributed by atoms with E-state index in [0.29, 0.717) is 19.5 Å². The minimum atomic E-state index is 0.0666. The van der Waals surface area contributed by atoms with Crippen LogP contribution in [-0.2, 0) is 11.3 Å². The van der Waals surface area contributed by atoms with Crippen molar-refractivity contribution in [2.24, 2.45) is 0 Å². The first kappa shape index (κ1) is 21.0. The number of amides is 1. The SMILES string of the molecule is CCCSc1nc(NC(C)C)c2cnn(CCNC(=O)CCCBr)c2n1. The van der Waals surface area contributed by atoms with Gasteiger partial charge in [-0.2, -0.15) is 5.10 Å². The van der Waals surface area contributed by atoms with Gasteiger partial charge in [0.2, 0.25) is 5.91 Å². The minimum Gasteiger partial charge on any atom is -0.367 e. The molecule has 0 atom stereocenters. The van der Waals surface area contributed by atoms with Gasteiger partial charge in [0, 0.05) is 30.1 Å². The molecule has 0 saturated heterocycles. The van der Waals surface area contributed by atoms with Gasteiger partial charge in [-0.05, 0) is 26.7 Å². The number of rotatable bonds is 11. The van der Waals surface area contributed by atoms with Crippen molar-refractivity contribution in [1.82, 2.24) is 25.1 Å². The van der Waals surface area contributed by atoms with E-state index in [0.717, 1.165) is 45.9 Å². The fourth-order valence-electron chi connectivity index (χ4n) is 2.36. The lowest BCUT2D eigenvalue weighted by atomic mass is 10.3. The van der Waals surface area contributed by atoms with E-state index in [1.165, 1.54) is 0 Å². The second kappa shape index (κ2) is 10.7. The van der Waals surface area contributed by atoms with Gasteiger partial charge in [0.05, 0.1) is 18.1 Å². The largest absolute Gasteiger partial charge is 0.367 e. The molecule has 0 radical (unpaired) electrons. The average molecular weight is 443 g/mol. The van der Waals surface area contributed by atoms with Crippen LogP contribution in [0.1, 0.15) is 40.0 Å². The highest BCUT2D eigenvalue weighted by atomic mass is 79.9. The van der Waals surface area contributed by atoms with Crippen molar-refractivity contribution in [3.8, 4) is 0 Å². The highest BCUT2D eigenvalue weighted by molar-refractivity contribution is 9.09. The number of anilines is 1. The molecule has 2 heterocycles. The van der Waals surface area contributed by atoms with E-state index in [1.54, 1.807) is 18.0 Å². The maximum absolute atomic E-state index is 11.7. The first-order valence-corrected chi connectivity index (χ1v) is 11.1. The summed E-state index contributed by atoms with van der Waals surface area (Å²) in [5.41, 5.74) is 0.802. The molecule has 0 bridgehead atoms. The van der Waals surface area contributed by atoms with Crippen molar-refractivity contribution in [3.05, 3.63) is 6.20 Å². The number of thioether (sulfide) groups is 1. The number of hydrogen-bond acceptors (Lipinski definition) is 6. The predicted octanol–water partition coefficient (Wildman–Crippen LogP) is 3.44. The summed E-state index contributed by atoms with van der Waals surface area (Å²) in [5, 5.41) is 13.3. The van der Waals surface area contributed by atoms with Crippen molar-refractivity contribution in [2.75, 3.05) is 22.9 Å². The molecular weight excluding hydrogens is 416 g/mol. The molecule has 0 unspecified atom stereocenters. The topological polar surface area (TPSA) is 84.7 Å². The highest BCUT2D eigenvalue weighted by Crippen LogP contribution is 2.25. The van der Waals surface area contributed by atoms with E-state index < -0.39 is 0 Å². The number of nitrogens with zero attached hydrogens (tertiary/aromatic N) is 4. The zero-order chi connectivity index (χ0) is 18.9. The van der Waals surface area contributed by atoms with Crippen molar-refractivity contribution in [1.29, 1.82) is 0 Å². The molecule has 0 fully saturated rings. The third-order valence-electron chi connectivity index (χ3n) is 3.52. The van der Waals surface area contributed by atoms with E-state index >= 15 is 0 Å². The summed E-state index contributed by atoms with van der Waals surface area (Å²) < 4.78 is 1.84. The van der Waals surface area contributed by atoms with Crippen LogP contribution in [-0.4, -0.2) is 49.3 Å². The van der Waals surface area contributed by atoms with Crippen LogP contribution in [0.3, 0.4) is 0 Å². The van der Waals surface area contributed by atoms with Gasteiger partial charge in [0.15, 0.2) is 10.8 Å². The van der Waals surface area contributed by atoms with Crippen molar-refractivity contribution in [3.63, 3.8) is 0 Å². The summed E-state index contributed by atoms with van der Waals surface area (Å²) in [6, 6.07) is 0.272. The molecule has 0 aromatic carbocycles. The Labute approximate surface area is 167 Å². The molecule has 2 N–H and O–H groups in total. The number of aromatic nitrogens is 4. The molecule has 1 amide bonds. The number of nitrogens with one attached hydrogen (secondary N) is 2. The zero-order valence-corrected chi connectivity index (χ0v) is 18.0. The number of carbonyl (C=O) groups is 1. The van der Waals surface area contributed by atoms with Crippen LogP contribution in [0, 0.1) is 0 Å². The van der Waals surface area contributed by atoms with E-state index in [2.05, 4.69) is 62.4 Å². The summed E-state index contributed by atoms with van der Waals surface area (Å²) in [5.74, 6) is 1.86. The predicted molar refractivity (Wildman–Crippen MR) is 111 cm³/mol.